The predicted octanol–water partition coefficient (Wildman–Crippen LogP) is 4.03. The zero-order valence-electron chi connectivity index (χ0n) is 16.9. The van der Waals surface area contributed by atoms with Crippen LogP contribution in [-0.2, 0) is 11.3 Å². The van der Waals surface area contributed by atoms with E-state index in [-0.39, 0.29) is 29.9 Å². The van der Waals surface area contributed by atoms with Crippen LogP contribution in [0.1, 0.15) is 38.2 Å². The molecule has 2 N–H and O–H groups in total. The quantitative estimate of drug-likeness (QED) is 0.172. The van der Waals surface area contributed by atoms with E-state index in [1.165, 1.54) is 19.8 Å². The zero-order chi connectivity index (χ0) is 19.4. The molecule has 7 heteroatoms. The van der Waals surface area contributed by atoms with Crippen molar-refractivity contribution in [3.8, 4) is 5.75 Å². The number of hydrogen-bond donors (Lipinski definition) is 2. The minimum atomic E-state index is -0.125. The molecule has 0 fully saturated rings. The number of unbranched alkanes of at least 4 members (excludes halogenated alkanes) is 3. The molecule has 0 aliphatic carbocycles. The maximum atomic E-state index is 11.3. The Morgan fingerprint density at radius 2 is 2.07 bits per heavy atom. The topological polar surface area (TPSA) is 66.0 Å². The summed E-state index contributed by atoms with van der Waals surface area (Å²) in [6.45, 7) is 6.80. The van der Waals surface area contributed by atoms with Crippen LogP contribution in [0.5, 0.6) is 5.75 Å². The van der Waals surface area contributed by atoms with E-state index in [2.05, 4.69) is 27.1 Å². The van der Waals surface area contributed by atoms with Gasteiger partial charge in [0, 0.05) is 34.1 Å². The van der Waals surface area contributed by atoms with Gasteiger partial charge in [-0.05, 0) is 37.0 Å². The van der Waals surface area contributed by atoms with Gasteiger partial charge in [0.1, 0.15) is 5.75 Å². The maximum absolute atomic E-state index is 11.3. The lowest BCUT2D eigenvalue weighted by molar-refractivity contribution is -0.114. The predicted molar refractivity (Wildman–Crippen MR) is 124 cm³/mol. The number of methoxy groups -OCH3 is 1. The van der Waals surface area contributed by atoms with Gasteiger partial charge < -0.3 is 20.3 Å². The van der Waals surface area contributed by atoms with E-state index in [1.807, 2.05) is 31.3 Å². The Labute approximate surface area is 180 Å². The maximum Gasteiger partial charge on any atom is 0.221 e. The highest BCUT2D eigenvalue weighted by molar-refractivity contribution is 14.0. The molecule has 6 nitrogen and oxygen atoms in total. The van der Waals surface area contributed by atoms with Gasteiger partial charge in [0.2, 0.25) is 5.91 Å². The molecule has 27 heavy (non-hydrogen) atoms. The van der Waals surface area contributed by atoms with Crippen molar-refractivity contribution in [2.75, 3.05) is 33.1 Å². The molecule has 0 spiro atoms. The number of benzene rings is 1. The fraction of sp³-hybridized carbons (Fsp3) is 0.500. The lowest BCUT2D eigenvalue weighted by atomic mass is 10.1. The number of halogens is 1. The van der Waals surface area contributed by atoms with E-state index >= 15 is 0 Å². The van der Waals surface area contributed by atoms with Crippen molar-refractivity contribution in [3.05, 3.63) is 36.4 Å². The molecule has 0 radical (unpaired) electrons. The Kier molecular flexibility index (Phi) is 13.4. The molecular formula is C20H33IN4O2. The number of guanidine groups is 1. The molecule has 0 aliphatic heterocycles. The lowest BCUT2D eigenvalue weighted by Gasteiger charge is -2.22. The SMILES string of the molecule is C=CCCCCCN(C)C(=NC)NCc1ccc(OC)c(NC(C)=O)c1.I. The molecule has 0 aliphatic rings. The number of nitrogens with one attached hydrogen (secondary N) is 2. The van der Waals surface area contributed by atoms with Crippen LogP contribution in [-0.4, -0.2) is 44.5 Å². The Hall–Kier alpha value is -1.77. The van der Waals surface area contributed by atoms with Crippen molar-refractivity contribution in [2.24, 2.45) is 4.99 Å². The normalized spacial score (nSPS) is 10.6. The van der Waals surface area contributed by atoms with Crippen LogP contribution < -0.4 is 15.4 Å². The fourth-order valence-corrected chi connectivity index (χ4v) is 2.64. The van der Waals surface area contributed by atoms with Gasteiger partial charge >= 0.3 is 0 Å². The average molecular weight is 488 g/mol. The molecule has 0 saturated heterocycles. The largest absolute Gasteiger partial charge is 0.495 e. The third-order valence-electron chi connectivity index (χ3n) is 4.00. The minimum Gasteiger partial charge on any atom is -0.495 e. The molecule has 0 aromatic heterocycles. The second-order valence-electron chi connectivity index (χ2n) is 6.18. The summed E-state index contributed by atoms with van der Waals surface area (Å²) in [4.78, 5) is 17.8. The van der Waals surface area contributed by atoms with E-state index in [9.17, 15) is 4.79 Å². The first-order valence-corrected chi connectivity index (χ1v) is 8.99. The highest BCUT2D eigenvalue weighted by atomic mass is 127. The third-order valence-corrected chi connectivity index (χ3v) is 4.00. The van der Waals surface area contributed by atoms with Crippen LogP contribution in [0, 0.1) is 0 Å². The first-order chi connectivity index (χ1) is 12.5. The third kappa shape index (κ3) is 9.65. The van der Waals surface area contributed by atoms with Gasteiger partial charge in [0.05, 0.1) is 12.8 Å². The minimum absolute atomic E-state index is 0. The molecule has 0 atom stereocenters. The number of hydrogen-bond acceptors (Lipinski definition) is 3. The Bertz CT molecular complexity index is 620. The summed E-state index contributed by atoms with van der Waals surface area (Å²) in [6.07, 6.45) is 6.53. The number of aliphatic imine (C=N–C) groups is 1. The highest BCUT2D eigenvalue weighted by Crippen LogP contribution is 2.25. The van der Waals surface area contributed by atoms with Gasteiger partial charge in [0.15, 0.2) is 5.96 Å². The van der Waals surface area contributed by atoms with Crippen molar-refractivity contribution in [2.45, 2.75) is 39.2 Å². The van der Waals surface area contributed by atoms with Crippen LogP contribution in [0.2, 0.25) is 0 Å². The van der Waals surface area contributed by atoms with Crippen molar-refractivity contribution < 1.29 is 9.53 Å². The van der Waals surface area contributed by atoms with Gasteiger partial charge in [-0.25, -0.2) is 0 Å². The summed E-state index contributed by atoms with van der Waals surface area (Å²) in [5.41, 5.74) is 1.71. The molecule has 1 aromatic rings. The van der Waals surface area contributed by atoms with Crippen LogP contribution in [0.4, 0.5) is 5.69 Å². The van der Waals surface area contributed by atoms with E-state index in [1.54, 1.807) is 14.2 Å². The number of carbonyl (C=O) groups is 1. The molecule has 0 saturated carbocycles. The summed E-state index contributed by atoms with van der Waals surface area (Å²) in [5.74, 6) is 1.37. The summed E-state index contributed by atoms with van der Waals surface area (Å²) in [7, 11) is 5.41. The van der Waals surface area contributed by atoms with Crippen molar-refractivity contribution in [3.63, 3.8) is 0 Å². The fourth-order valence-electron chi connectivity index (χ4n) is 2.64. The summed E-state index contributed by atoms with van der Waals surface area (Å²) < 4.78 is 5.29. The number of allylic oxidation sites excluding steroid dienone is 1. The number of rotatable bonds is 10. The van der Waals surface area contributed by atoms with Gasteiger partial charge in [-0.1, -0.05) is 18.6 Å². The van der Waals surface area contributed by atoms with Gasteiger partial charge in [-0.15, -0.1) is 30.6 Å². The first-order valence-electron chi connectivity index (χ1n) is 8.99. The molecule has 1 aromatic carbocycles. The van der Waals surface area contributed by atoms with Crippen LogP contribution in [0.25, 0.3) is 0 Å². The Balaban J connectivity index is 0.00000676. The lowest BCUT2D eigenvalue weighted by Crippen LogP contribution is -2.39. The number of anilines is 1. The van der Waals surface area contributed by atoms with Crippen molar-refractivity contribution >= 4 is 41.5 Å². The number of amides is 1. The first kappa shape index (κ1) is 25.2. The molecular weight excluding hydrogens is 455 g/mol. The van der Waals surface area contributed by atoms with E-state index in [0.717, 1.165) is 30.9 Å². The van der Waals surface area contributed by atoms with Crippen LogP contribution in [0.15, 0.2) is 35.8 Å². The van der Waals surface area contributed by atoms with Crippen LogP contribution >= 0.6 is 24.0 Å². The van der Waals surface area contributed by atoms with E-state index < -0.39 is 0 Å². The molecule has 0 unspecified atom stereocenters. The Morgan fingerprint density at radius 1 is 1.33 bits per heavy atom. The highest BCUT2D eigenvalue weighted by Gasteiger charge is 2.08. The van der Waals surface area contributed by atoms with Gasteiger partial charge in [-0.2, -0.15) is 0 Å². The number of nitrogens with zero attached hydrogens (tertiary/aromatic N) is 2. The second kappa shape index (κ2) is 14.3. The zero-order valence-corrected chi connectivity index (χ0v) is 19.2. The summed E-state index contributed by atoms with van der Waals surface area (Å²) in [5, 5.41) is 6.16. The smallest absolute Gasteiger partial charge is 0.221 e. The van der Waals surface area contributed by atoms with Gasteiger partial charge in [-0.3, -0.25) is 9.79 Å². The number of carbonyl (C=O) groups excluding carboxylic acids is 1. The Morgan fingerprint density at radius 3 is 2.67 bits per heavy atom. The monoisotopic (exact) mass is 488 g/mol. The van der Waals surface area contributed by atoms with Crippen molar-refractivity contribution in [1.29, 1.82) is 0 Å². The van der Waals surface area contributed by atoms with Gasteiger partial charge in [0.25, 0.3) is 0 Å². The standard InChI is InChI=1S/C20H32N4O2.HI/c1-6-7-8-9-10-13-24(4)20(21-3)22-15-17-11-12-19(26-5)18(14-17)23-16(2)25;/h6,11-12,14H,1,7-10,13,15H2,2-5H3,(H,21,22)(H,23,25);1H. The van der Waals surface area contributed by atoms with E-state index in [0.29, 0.717) is 18.0 Å². The van der Waals surface area contributed by atoms with Crippen molar-refractivity contribution in [1.82, 2.24) is 10.2 Å². The summed E-state index contributed by atoms with van der Waals surface area (Å²) in [6, 6.07) is 5.74. The molecule has 1 amide bonds. The molecule has 0 bridgehead atoms. The number of ether oxygens (including phenoxy) is 1. The molecule has 152 valence electrons. The molecule has 1 rings (SSSR count). The molecule has 0 heterocycles. The summed E-state index contributed by atoms with van der Waals surface area (Å²) >= 11 is 0. The average Bonchev–Trinajstić information content (AvgIpc) is 2.61. The van der Waals surface area contributed by atoms with Crippen LogP contribution in [0.3, 0.4) is 0 Å². The second-order valence-corrected chi connectivity index (χ2v) is 6.18. The van der Waals surface area contributed by atoms with E-state index in [4.69, 9.17) is 4.74 Å².